The second-order valence-electron chi connectivity index (χ2n) is 4.31. The van der Waals surface area contributed by atoms with Crippen LogP contribution in [0.15, 0.2) is 0 Å². The van der Waals surface area contributed by atoms with E-state index in [1.54, 1.807) is 7.11 Å². The molecule has 0 aromatic carbocycles. The summed E-state index contributed by atoms with van der Waals surface area (Å²) in [5.74, 6) is 0.706. The van der Waals surface area contributed by atoms with Crippen LogP contribution < -0.4 is 0 Å². The third-order valence-corrected chi connectivity index (χ3v) is 2.23. The Morgan fingerprint density at radius 1 is 1.27 bits per heavy atom. The largest absolute Gasteiger partial charge is 0.384 e. The molecule has 1 atom stereocenters. The molecule has 0 spiro atoms. The fraction of sp³-hybridized carbons (Fsp3) is 1.00. The van der Waals surface area contributed by atoms with Crippen molar-refractivity contribution in [3.8, 4) is 0 Å². The SMILES string of the molecule is CCCC(COC)C(C)(C)C. The predicted octanol–water partition coefficient (Wildman–Crippen LogP) is 3.10. The van der Waals surface area contributed by atoms with Crippen LogP contribution in [0.25, 0.3) is 0 Å². The minimum atomic E-state index is 0.395. The molecule has 0 rings (SSSR count). The Morgan fingerprint density at radius 2 is 1.82 bits per heavy atom. The van der Waals surface area contributed by atoms with Crippen molar-refractivity contribution in [2.24, 2.45) is 11.3 Å². The lowest BCUT2D eigenvalue weighted by Gasteiger charge is -2.29. The van der Waals surface area contributed by atoms with Crippen molar-refractivity contribution in [1.29, 1.82) is 0 Å². The zero-order valence-corrected chi connectivity index (χ0v) is 8.61. The van der Waals surface area contributed by atoms with Crippen molar-refractivity contribution in [3.63, 3.8) is 0 Å². The molecule has 0 aliphatic carbocycles. The maximum Gasteiger partial charge on any atom is 0.0495 e. The highest BCUT2D eigenvalue weighted by Gasteiger charge is 2.23. The lowest BCUT2D eigenvalue weighted by Crippen LogP contribution is -2.24. The fourth-order valence-corrected chi connectivity index (χ4v) is 1.32. The molecule has 1 heteroatoms. The smallest absolute Gasteiger partial charge is 0.0495 e. The minimum Gasteiger partial charge on any atom is -0.384 e. The third-order valence-electron chi connectivity index (χ3n) is 2.23. The molecule has 0 saturated carbocycles. The van der Waals surface area contributed by atoms with Crippen LogP contribution in [0.5, 0.6) is 0 Å². The average molecular weight is 158 g/mol. The molecule has 11 heavy (non-hydrogen) atoms. The predicted molar refractivity (Wildman–Crippen MR) is 49.7 cm³/mol. The Hall–Kier alpha value is -0.0400. The minimum absolute atomic E-state index is 0.395. The van der Waals surface area contributed by atoms with Crippen LogP contribution in [0.1, 0.15) is 40.5 Å². The quantitative estimate of drug-likeness (QED) is 0.611. The normalized spacial score (nSPS) is 15.0. The molecule has 1 nitrogen and oxygen atoms in total. The Bertz CT molecular complexity index is 85.5. The van der Waals surface area contributed by atoms with E-state index in [2.05, 4.69) is 27.7 Å². The molecule has 68 valence electrons. The van der Waals surface area contributed by atoms with Crippen LogP contribution in [-0.2, 0) is 4.74 Å². The van der Waals surface area contributed by atoms with Gasteiger partial charge in [-0.2, -0.15) is 0 Å². The Labute approximate surface area is 71.1 Å². The van der Waals surface area contributed by atoms with Gasteiger partial charge >= 0.3 is 0 Å². The van der Waals surface area contributed by atoms with Gasteiger partial charge in [-0.25, -0.2) is 0 Å². The van der Waals surface area contributed by atoms with Crippen LogP contribution in [0.4, 0.5) is 0 Å². The molecule has 0 radical (unpaired) electrons. The van der Waals surface area contributed by atoms with Gasteiger partial charge in [-0.15, -0.1) is 0 Å². The van der Waals surface area contributed by atoms with Crippen LogP contribution in [-0.4, -0.2) is 13.7 Å². The second-order valence-corrected chi connectivity index (χ2v) is 4.31. The lowest BCUT2D eigenvalue weighted by molar-refractivity contribution is 0.0840. The summed E-state index contributed by atoms with van der Waals surface area (Å²) in [5.41, 5.74) is 0.395. The Kier molecular flexibility index (Phi) is 4.74. The molecule has 0 aliphatic heterocycles. The van der Waals surface area contributed by atoms with Gasteiger partial charge < -0.3 is 4.74 Å². The van der Waals surface area contributed by atoms with E-state index in [1.807, 2.05) is 0 Å². The van der Waals surface area contributed by atoms with Gasteiger partial charge in [0.2, 0.25) is 0 Å². The number of ether oxygens (including phenoxy) is 1. The van der Waals surface area contributed by atoms with E-state index < -0.39 is 0 Å². The molecule has 0 aliphatic rings. The summed E-state index contributed by atoms with van der Waals surface area (Å²) in [7, 11) is 1.79. The summed E-state index contributed by atoms with van der Waals surface area (Å²) < 4.78 is 5.18. The van der Waals surface area contributed by atoms with Crippen molar-refractivity contribution in [1.82, 2.24) is 0 Å². The van der Waals surface area contributed by atoms with E-state index >= 15 is 0 Å². The van der Waals surface area contributed by atoms with E-state index in [4.69, 9.17) is 4.74 Å². The monoisotopic (exact) mass is 158 g/mol. The summed E-state index contributed by atoms with van der Waals surface area (Å²) >= 11 is 0. The molecule has 0 aromatic rings. The molecule has 0 bridgehead atoms. The standard InChI is InChI=1S/C10H22O/c1-6-7-9(8-11-5)10(2,3)4/h9H,6-8H2,1-5H3. The molecular formula is C10H22O. The van der Waals surface area contributed by atoms with E-state index in [0.717, 1.165) is 6.61 Å². The maximum atomic E-state index is 5.18. The van der Waals surface area contributed by atoms with Gasteiger partial charge in [-0.05, 0) is 17.8 Å². The number of hydrogen-bond acceptors (Lipinski definition) is 1. The maximum absolute atomic E-state index is 5.18. The molecule has 0 heterocycles. The van der Waals surface area contributed by atoms with E-state index in [1.165, 1.54) is 12.8 Å². The van der Waals surface area contributed by atoms with Crippen molar-refractivity contribution in [2.45, 2.75) is 40.5 Å². The molecule has 0 N–H and O–H groups in total. The number of methoxy groups -OCH3 is 1. The lowest BCUT2D eigenvalue weighted by atomic mass is 9.79. The van der Waals surface area contributed by atoms with Crippen LogP contribution in [0.3, 0.4) is 0 Å². The molecule has 0 saturated heterocycles. The summed E-state index contributed by atoms with van der Waals surface area (Å²) in [6.07, 6.45) is 2.53. The van der Waals surface area contributed by atoms with Gasteiger partial charge in [-0.3, -0.25) is 0 Å². The van der Waals surface area contributed by atoms with Gasteiger partial charge in [0.25, 0.3) is 0 Å². The van der Waals surface area contributed by atoms with Gasteiger partial charge in [0.15, 0.2) is 0 Å². The van der Waals surface area contributed by atoms with Crippen molar-refractivity contribution >= 4 is 0 Å². The second kappa shape index (κ2) is 4.76. The van der Waals surface area contributed by atoms with Crippen molar-refractivity contribution in [3.05, 3.63) is 0 Å². The topological polar surface area (TPSA) is 9.23 Å². The van der Waals surface area contributed by atoms with Gasteiger partial charge in [0.1, 0.15) is 0 Å². The first-order valence-electron chi connectivity index (χ1n) is 4.51. The molecule has 1 unspecified atom stereocenters. The zero-order chi connectivity index (χ0) is 8.91. The Morgan fingerprint density at radius 3 is 2.09 bits per heavy atom. The van der Waals surface area contributed by atoms with Crippen LogP contribution in [0, 0.1) is 11.3 Å². The molecule has 0 aromatic heterocycles. The summed E-state index contributed by atoms with van der Waals surface area (Å²) in [4.78, 5) is 0. The van der Waals surface area contributed by atoms with E-state index in [9.17, 15) is 0 Å². The van der Waals surface area contributed by atoms with E-state index in [0.29, 0.717) is 11.3 Å². The summed E-state index contributed by atoms with van der Waals surface area (Å²) in [5, 5.41) is 0. The first-order valence-corrected chi connectivity index (χ1v) is 4.51. The van der Waals surface area contributed by atoms with Gasteiger partial charge in [0, 0.05) is 13.7 Å². The van der Waals surface area contributed by atoms with E-state index in [-0.39, 0.29) is 0 Å². The first-order chi connectivity index (χ1) is 5.02. The zero-order valence-electron chi connectivity index (χ0n) is 8.61. The molecule has 0 amide bonds. The number of rotatable bonds is 4. The number of hydrogen-bond donors (Lipinski definition) is 0. The average Bonchev–Trinajstić information content (AvgIpc) is 1.85. The highest BCUT2D eigenvalue weighted by molar-refractivity contribution is 4.72. The highest BCUT2D eigenvalue weighted by Crippen LogP contribution is 2.29. The van der Waals surface area contributed by atoms with Gasteiger partial charge in [-0.1, -0.05) is 34.1 Å². The van der Waals surface area contributed by atoms with Crippen molar-refractivity contribution in [2.75, 3.05) is 13.7 Å². The van der Waals surface area contributed by atoms with Gasteiger partial charge in [0.05, 0.1) is 0 Å². The highest BCUT2D eigenvalue weighted by atomic mass is 16.5. The summed E-state index contributed by atoms with van der Waals surface area (Å²) in [6, 6.07) is 0. The third kappa shape index (κ3) is 4.41. The Balaban J connectivity index is 3.88. The van der Waals surface area contributed by atoms with Crippen molar-refractivity contribution < 1.29 is 4.74 Å². The molecule has 0 fully saturated rings. The molecular weight excluding hydrogens is 136 g/mol. The summed E-state index contributed by atoms with van der Waals surface area (Å²) in [6.45, 7) is 9.98. The van der Waals surface area contributed by atoms with Crippen LogP contribution in [0.2, 0.25) is 0 Å². The van der Waals surface area contributed by atoms with Crippen LogP contribution >= 0.6 is 0 Å². The fourth-order valence-electron chi connectivity index (χ4n) is 1.32. The first kappa shape index (κ1) is 11.0.